The van der Waals surface area contributed by atoms with Crippen LogP contribution in [0.15, 0.2) is 22.2 Å². The van der Waals surface area contributed by atoms with Gasteiger partial charge >= 0.3 is 0 Å². The summed E-state index contributed by atoms with van der Waals surface area (Å²) in [6, 6.07) is 2.14. The predicted octanol–water partition coefficient (Wildman–Crippen LogP) is 3.92. The number of rotatable bonds is 2. The minimum Gasteiger partial charge on any atom is -0.317 e. The van der Waals surface area contributed by atoms with Crippen molar-refractivity contribution < 1.29 is 0 Å². The molecule has 0 bridgehead atoms. The SMILES string of the molecule is Br.c1cc(-c2csc(C3CCNCC3)n2)cs1. The zero-order valence-electron chi connectivity index (χ0n) is 9.39. The molecule has 0 aromatic carbocycles. The average molecular weight is 331 g/mol. The molecule has 17 heavy (non-hydrogen) atoms. The Morgan fingerprint density at radius 2 is 2.06 bits per heavy atom. The largest absolute Gasteiger partial charge is 0.317 e. The molecule has 1 fully saturated rings. The van der Waals surface area contributed by atoms with Crippen LogP contribution < -0.4 is 5.32 Å². The fraction of sp³-hybridized carbons (Fsp3) is 0.417. The number of hydrogen-bond donors (Lipinski definition) is 1. The molecule has 1 aliphatic rings. The van der Waals surface area contributed by atoms with E-state index in [1.165, 1.54) is 23.4 Å². The molecule has 1 saturated heterocycles. The van der Waals surface area contributed by atoms with Crippen LogP contribution in [0.5, 0.6) is 0 Å². The second-order valence-electron chi connectivity index (χ2n) is 4.11. The number of thiophene rings is 1. The van der Waals surface area contributed by atoms with E-state index in [0.717, 1.165) is 18.8 Å². The maximum atomic E-state index is 4.77. The standard InChI is InChI=1S/C12H14N2S2.BrH/c1-4-13-5-2-9(1)12-14-11(8-16-12)10-3-6-15-7-10;/h3,6-9,13H,1-2,4-5H2;1H. The molecule has 3 heterocycles. The van der Waals surface area contributed by atoms with Crippen LogP contribution in [0.3, 0.4) is 0 Å². The van der Waals surface area contributed by atoms with Gasteiger partial charge in [-0.05, 0) is 37.4 Å². The molecule has 0 saturated carbocycles. The first-order valence-corrected chi connectivity index (χ1v) is 7.44. The maximum Gasteiger partial charge on any atom is 0.0964 e. The van der Waals surface area contributed by atoms with Gasteiger partial charge < -0.3 is 5.32 Å². The van der Waals surface area contributed by atoms with Gasteiger partial charge in [0, 0.05) is 22.2 Å². The lowest BCUT2D eigenvalue weighted by Crippen LogP contribution is -2.26. The van der Waals surface area contributed by atoms with Crippen molar-refractivity contribution in [2.45, 2.75) is 18.8 Å². The van der Waals surface area contributed by atoms with Crippen molar-refractivity contribution in [3.8, 4) is 11.3 Å². The van der Waals surface area contributed by atoms with E-state index in [-0.39, 0.29) is 17.0 Å². The van der Waals surface area contributed by atoms with E-state index in [1.54, 1.807) is 11.3 Å². The molecule has 0 aliphatic carbocycles. The van der Waals surface area contributed by atoms with E-state index in [9.17, 15) is 0 Å². The summed E-state index contributed by atoms with van der Waals surface area (Å²) in [5.74, 6) is 0.679. The molecule has 0 unspecified atom stereocenters. The van der Waals surface area contributed by atoms with Crippen molar-refractivity contribution in [1.82, 2.24) is 10.3 Å². The lowest BCUT2D eigenvalue weighted by Gasteiger charge is -2.20. The average Bonchev–Trinajstić information content (AvgIpc) is 3.01. The van der Waals surface area contributed by atoms with Crippen molar-refractivity contribution in [3.05, 3.63) is 27.2 Å². The third-order valence-electron chi connectivity index (χ3n) is 3.03. The quantitative estimate of drug-likeness (QED) is 0.902. The normalized spacial score (nSPS) is 16.7. The van der Waals surface area contributed by atoms with E-state index in [1.807, 2.05) is 11.3 Å². The molecule has 92 valence electrons. The van der Waals surface area contributed by atoms with Crippen molar-refractivity contribution in [3.63, 3.8) is 0 Å². The molecular weight excluding hydrogens is 316 g/mol. The highest BCUT2D eigenvalue weighted by Crippen LogP contribution is 2.31. The van der Waals surface area contributed by atoms with Crippen molar-refractivity contribution in [1.29, 1.82) is 0 Å². The van der Waals surface area contributed by atoms with Crippen LogP contribution in [0.2, 0.25) is 0 Å². The van der Waals surface area contributed by atoms with E-state index >= 15 is 0 Å². The van der Waals surface area contributed by atoms with Gasteiger partial charge in [0.05, 0.1) is 10.7 Å². The van der Waals surface area contributed by atoms with E-state index in [2.05, 4.69) is 27.5 Å². The Labute approximate surface area is 120 Å². The highest BCUT2D eigenvalue weighted by atomic mass is 79.9. The first-order valence-electron chi connectivity index (χ1n) is 5.62. The molecule has 1 N–H and O–H groups in total. The van der Waals surface area contributed by atoms with E-state index in [0.29, 0.717) is 5.92 Å². The Balaban J connectivity index is 0.00000108. The number of thiazole rings is 1. The maximum absolute atomic E-state index is 4.77. The Bertz CT molecular complexity index is 447. The molecule has 0 radical (unpaired) electrons. The number of piperidine rings is 1. The Hall–Kier alpha value is -0.230. The zero-order chi connectivity index (χ0) is 10.8. The van der Waals surface area contributed by atoms with Crippen LogP contribution >= 0.6 is 39.7 Å². The van der Waals surface area contributed by atoms with Crippen LogP contribution in [0.4, 0.5) is 0 Å². The van der Waals surface area contributed by atoms with Gasteiger partial charge in [0.1, 0.15) is 0 Å². The van der Waals surface area contributed by atoms with Gasteiger partial charge in [0.15, 0.2) is 0 Å². The molecule has 0 spiro atoms. The molecule has 1 aliphatic heterocycles. The highest BCUT2D eigenvalue weighted by molar-refractivity contribution is 8.93. The van der Waals surface area contributed by atoms with E-state index < -0.39 is 0 Å². The van der Waals surface area contributed by atoms with Crippen LogP contribution in [-0.2, 0) is 0 Å². The van der Waals surface area contributed by atoms with Gasteiger partial charge in [0.2, 0.25) is 0 Å². The van der Waals surface area contributed by atoms with Crippen LogP contribution in [0, 0.1) is 0 Å². The Morgan fingerprint density at radius 1 is 1.24 bits per heavy atom. The minimum atomic E-state index is 0. The summed E-state index contributed by atoms with van der Waals surface area (Å²) in [6.07, 6.45) is 2.47. The van der Waals surface area contributed by atoms with Gasteiger partial charge in [-0.1, -0.05) is 0 Å². The second kappa shape index (κ2) is 6.09. The van der Waals surface area contributed by atoms with Gasteiger partial charge in [-0.25, -0.2) is 4.98 Å². The number of halogens is 1. The Kier molecular flexibility index (Phi) is 4.73. The van der Waals surface area contributed by atoms with Crippen molar-refractivity contribution in [2.75, 3.05) is 13.1 Å². The molecule has 2 aromatic heterocycles. The van der Waals surface area contributed by atoms with Crippen molar-refractivity contribution >= 4 is 39.7 Å². The fourth-order valence-electron chi connectivity index (χ4n) is 2.09. The molecular formula is C12H15BrN2S2. The molecule has 0 atom stereocenters. The molecule has 3 rings (SSSR count). The molecule has 0 amide bonds. The monoisotopic (exact) mass is 330 g/mol. The second-order valence-corrected chi connectivity index (χ2v) is 5.78. The topological polar surface area (TPSA) is 24.9 Å². The molecule has 2 aromatic rings. The first kappa shape index (κ1) is 13.2. The summed E-state index contributed by atoms with van der Waals surface area (Å²) >= 11 is 3.55. The third-order valence-corrected chi connectivity index (χ3v) is 4.72. The fourth-order valence-corrected chi connectivity index (χ4v) is 3.74. The number of nitrogens with zero attached hydrogens (tertiary/aromatic N) is 1. The van der Waals surface area contributed by atoms with Gasteiger partial charge in [-0.3, -0.25) is 0 Å². The third kappa shape index (κ3) is 2.96. The predicted molar refractivity (Wildman–Crippen MR) is 80.6 cm³/mol. The number of nitrogens with one attached hydrogen (secondary N) is 1. The minimum absolute atomic E-state index is 0. The summed E-state index contributed by atoms with van der Waals surface area (Å²) in [5.41, 5.74) is 2.42. The van der Waals surface area contributed by atoms with Crippen LogP contribution in [-0.4, -0.2) is 18.1 Å². The molecule has 2 nitrogen and oxygen atoms in total. The molecule has 5 heteroatoms. The number of hydrogen-bond acceptors (Lipinski definition) is 4. The zero-order valence-corrected chi connectivity index (χ0v) is 12.7. The summed E-state index contributed by atoms with van der Waals surface area (Å²) in [4.78, 5) is 4.77. The first-order chi connectivity index (χ1) is 7.93. The smallest absolute Gasteiger partial charge is 0.0964 e. The summed E-state index contributed by atoms with van der Waals surface area (Å²) < 4.78 is 0. The highest BCUT2D eigenvalue weighted by Gasteiger charge is 2.18. The number of aromatic nitrogens is 1. The van der Waals surface area contributed by atoms with Gasteiger partial charge in [-0.15, -0.1) is 28.3 Å². The Morgan fingerprint density at radius 3 is 2.76 bits per heavy atom. The van der Waals surface area contributed by atoms with Gasteiger partial charge in [-0.2, -0.15) is 11.3 Å². The van der Waals surface area contributed by atoms with Crippen LogP contribution in [0.1, 0.15) is 23.8 Å². The van der Waals surface area contributed by atoms with Crippen molar-refractivity contribution in [2.24, 2.45) is 0 Å². The summed E-state index contributed by atoms with van der Waals surface area (Å²) in [5, 5.41) is 11.2. The van der Waals surface area contributed by atoms with E-state index in [4.69, 9.17) is 4.98 Å². The van der Waals surface area contributed by atoms with Gasteiger partial charge in [0.25, 0.3) is 0 Å². The summed E-state index contributed by atoms with van der Waals surface area (Å²) in [6.45, 7) is 2.27. The lowest BCUT2D eigenvalue weighted by molar-refractivity contribution is 0.459. The van der Waals surface area contributed by atoms with Crippen LogP contribution in [0.25, 0.3) is 11.3 Å². The lowest BCUT2D eigenvalue weighted by atomic mass is 9.99. The summed E-state index contributed by atoms with van der Waals surface area (Å²) in [7, 11) is 0.